The highest BCUT2D eigenvalue weighted by atomic mass is 16.5. The summed E-state index contributed by atoms with van der Waals surface area (Å²) in [5, 5.41) is 2.88. The van der Waals surface area contributed by atoms with E-state index in [2.05, 4.69) is 5.32 Å². The summed E-state index contributed by atoms with van der Waals surface area (Å²) in [7, 11) is 4.68. The lowest BCUT2D eigenvalue weighted by molar-refractivity contribution is 0.0950. The van der Waals surface area contributed by atoms with Crippen molar-refractivity contribution < 1.29 is 23.7 Å². The lowest BCUT2D eigenvalue weighted by Gasteiger charge is -2.15. The molecule has 1 N–H and O–H groups in total. The van der Waals surface area contributed by atoms with Crippen LogP contribution in [-0.2, 0) is 6.54 Å². The SMILES string of the molecule is COc1cc(OC)cc(C(=O)NCc2ccc(OC(C)C)c(OC)c2)c1. The molecule has 0 heterocycles. The van der Waals surface area contributed by atoms with E-state index < -0.39 is 0 Å². The fourth-order valence-electron chi connectivity index (χ4n) is 2.40. The van der Waals surface area contributed by atoms with Crippen LogP contribution in [0.1, 0.15) is 29.8 Å². The van der Waals surface area contributed by atoms with Gasteiger partial charge in [-0.15, -0.1) is 0 Å². The van der Waals surface area contributed by atoms with E-state index in [-0.39, 0.29) is 12.0 Å². The van der Waals surface area contributed by atoms with Gasteiger partial charge in [0.25, 0.3) is 5.91 Å². The summed E-state index contributed by atoms with van der Waals surface area (Å²) in [4.78, 5) is 12.4. The molecule has 0 aromatic heterocycles. The fourth-order valence-corrected chi connectivity index (χ4v) is 2.40. The van der Waals surface area contributed by atoms with Crippen LogP contribution < -0.4 is 24.3 Å². The number of benzene rings is 2. The van der Waals surface area contributed by atoms with Crippen LogP contribution in [0.25, 0.3) is 0 Å². The van der Waals surface area contributed by atoms with Gasteiger partial charge in [-0.25, -0.2) is 0 Å². The number of hydrogen-bond acceptors (Lipinski definition) is 5. The average molecular weight is 359 g/mol. The first-order valence-corrected chi connectivity index (χ1v) is 8.31. The van der Waals surface area contributed by atoms with E-state index in [1.54, 1.807) is 39.5 Å². The second-order valence-electron chi connectivity index (χ2n) is 5.94. The van der Waals surface area contributed by atoms with E-state index >= 15 is 0 Å². The van der Waals surface area contributed by atoms with Crippen molar-refractivity contribution in [2.24, 2.45) is 0 Å². The van der Waals surface area contributed by atoms with Crippen molar-refractivity contribution in [3.8, 4) is 23.0 Å². The van der Waals surface area contributed by atoms with Gasteiger partial charge in [-0.1, -0.05) is 6.07 Å². The lowest BCUT2D eigenvalue weighted by Crippen LogP contribution is -2.23. The Labute approximate surface area is 154 Å². The normalized spacial score (nSPS) is 10.4. The van der Waals surface area contributed by atoms with Gasteiger partial charge in [-0.3, -0.25) is 4.79 Å². The Morgan fingerprint density at radius 2 is 1.58 bits per heavy atom. The molecule has 0 atom stereocenters. The number of methoxy groups -OCH3 is 3. The Hall–Kier alpha value is -2.89. The van der Waals surface area contributed by atoms with Crippen LogP contribution in [0.15, 0.2) is 36.4 Å². The van der Waals surface area contributed by atoms with Crippen molar-refractivity contribution in [3.05, 3.63) is 47.5 Å². The van der Waals surface area contributed by atoms with Gasteiger partial charge in [0.15, 0.2) is 11.5 Å². The van der Waals surface area contributed by atoms with E-state index in [4.69, 9.17) is 18.9 Å². The highest BCUT2D eigenvalue weighted by Crippen LogP contribution is 2.29. The van der Waals surface area contributed by atoms with Crippen molar-refractivity contribution in [2.75, 3.05) is 21.3 Å². The standard InChI is InChI=1S/C20H25NO5/c1-13(2)26-18-7-6-14(8-19(18)25-5)12-21-20(22)15-9-16(23-3)11-17(10-15)24-4/h6-11,13H,12H2,1-5H3,(H,21,22). The van der Waals surface area contributed by atoms with Gasteiger partial charge in [0.1, 0.15) is 11.5 Å². The number of hydrogen-bond donors (Lipinski definition) is 1. The first kappa shape index (κ1) is 19.4. The molecule has 0 fully saturated rings. The van der Waals surface area contributed by atoms with Gasteiger partial charge in [0.2, 0.25) is 0 Å². The van der Waals surface area contributed by atoms with Gasteiger partial charge in [-0.05, 0) is 43.7 Å². The first-order valence-electron chi connectivity index (χ1n) is 8.31. The molecule has 6 heteroatoms. The van der Waals surface area contributed by atoms with Crippen molar-refractivity contribution >= 4 is 5.91 Å². The van der Waals surface area contributed by atoms with E-state index in [1.165, 1.54) is 0 Å². The van der Waals surface area contributed by atoms with Crippen LogP contribution >= 0.6 is 0 Å². The Morgan fingerprint density at radius 1 is 0.923 bits per heavy atom. The minimum Gasteiger partial charge on any atom is -0.497 e. The Morgan fingerprint density at radius 3 is 2.12 bits per heavy atom. The molecule has 0 spiro atoms. The molecule has 0 saturated carbocycles. The number of ether oxygens (including phenoxy) is 4. The number of rotatable bonds is 8. The molecule has 0 saturated heterocycles. The molecule has 0 aliphatic rings. The van der Waals surface area contributed by atoms with Crippen LogP contribution in [0, 0.1) is 0 Å². The van der Waals surface area contributed by atoms with E-state index in [9.17, 15) is 4.79 Å². The van der Waals surface area contributed by atoms with Crippen LogP contribution in [-0.4, -0.2) is 33.3 Å². The summed E-state index contributed by atoms with van der Waals surface area (Å²) >= 11 is 0. The van der Waals surface area contributed by atoms with Crippen LogP contribution in [0.2, 0.25) is 0 Å². The summed E-state index contributed by atoms with van der Waals surface area (Å²) in [5.74, 6) is 2.21. The maximum atomic E-state index is 12.4. The molecule has 0 radical (unpaired) electrons. The van der Waals surface area contributed by atoms with E-state index in [0.29, 0.717) is 35.1 Å². The van der Waals surface area contributed by atoms with Gasteiger partial charge >= 0.3 is 0 Å². The lowest BCUT2D eigenvalue weighted by atomic mass is 10.1. The molecule has 0 aliphatic heterocycles. The Balaban J connectivity index is 2.09. The number of nitrogens with one attached hydrogen (secondary N) is 1. The second kappa shape index (κ2) is 8.99. The largest absolute Gasteiger partial charge is 0.497 e. The zero-order valence-corrected chi connectivity index (χ0v) is 15.8. The molecule has 1 amide bonds. The molecular weight excluding hydrogens is 334 g/mol. The zero-order valence-electron chi connectivity index (χ0n) is 15.8. The monoisotopic (exact) mass is 359 g/mol. The summed E-state index contributed by atoms with van der Waals surface area (Å²) in [6, 6.07) is 10.6. The van der Waals surface area contributed by atoms with E-state index in [1.807, 2.05) is 32.0 Å². The third kappa shape index (κ3) is 5.05. The summed E-state index contributed by atoms with van der Waals surface area (Å²) < 4.78 is 21.5. The number of carbonyl (C=O) groups excluding carboxylic acids is 1. The highest BCUT2D eigenvalue weighted by molar-refractivity contribution is 5.95. The summed E-state index contributed by atoms with van der Waals surface area (Å²) in [5.41, 5.74) is 1.37. The number of amides is 1. The molecule has 2 aromatic rings. The minimum absolute atomic E-state index is 0.0532. The predicted octanol–water partition coefficient (Wildman–Crippen LogP) is 3.43. The van der Waals surface area contributed by atoms with Crippen molar-refractivity contribution in [3.63, 3.8) is 0 Å². The summed E-state index contributed by atoms with van der Waals surface area (Å²) in [6.45, 7) is 4.27. The Kier molecular flexibility index (Phi) is 6.72. The van der Waals surface area contributed by atoms with Gasteiger partial charge in [0.05, 0.1) is 27.4 Å². The zero-order chi connectivity index (χ0) is 19.1. The molecule has 6 nitrogen and oxygen atoms in total. The van der Waals surface area contributed by atoms with Gasteiger partial charge in [0, 0.05) is 18.2 Å². The van der Waals surface area contributed by atoms with Crippen LogP contribution in [0.5, 0.6) is 23.0 Å². The summed E-state index contributed by atoms with van der Waals surface area (Å²) in [6.07, 6.45) is 0.0532. The Bertz CT molecular complexity index is 736. The number of carbonyl (C=O) groups is 1. The molecular formula is C20H25NO5. The first-order chi connectivity index (χ1) is 12.5. The second-order valence-corrected chi connectivity index (χ2v) is 5.94. The maximum Gasteiger partial charge on any atom is 0.251 e. The van der Waals surface area contributed by atoms with Crippen LogP contribution in [0.4, 0.5) is 0 Å². The molecule has 2 aromatic carbocycles. The third-order valence-corrected chi connectivity index (χ3v) is 3.66. The quantitative estimate of drug-likeness (QED) is 0.782. The molecule has 2 rings (SSSR count). The molecule has 140 valence electrons. The van der Waals surface area contributed by atoms with Crippen molar-refractivity contribution in [1.29, 1.82) is 0 Å². The van der Waals surface area contributed by atoms with Crippen molar-refractivity contribution in [1.82, 2.24) is 5.32 Å². The average Bonchev–Trinajstić information content (AvgIpc) is 2.65. The van der Waals surface area contributed by atoms with Gasteiger partial charge in [-0.2, -0.15) is 0 Å². The van der Waals surface area contributed by atoms with E-state index in [0.717, 1.165) is 5.56 Å². The van der Waals surface area contributed by atoms with Gasteiger partial charge < -0.3 is 24.3 Å². The van der Waals surface area contributed by atoms with Crippen LogP contribution in [0.3, 0.4) is 0 Å². The predicted molar refractivity (Wildman–Crippen MR) is 99.5 cm³/mol. The smallest absolute Gasteiger partial charge is 0.251 e. The highest BCUT2D eigenvalue weighted by Gasteiger charge is 2.11. The minimum atomic E-state index is -0.219. The third-order valence-electron chi connectivity index (χ3n) is 3.66. The molecule has 0 aliphatic carbocycles. The fraction of sp³-hybridized carbons (Fsp3) is 0.350. The van der Waals surface area contributed by atoms with Crippen molar-refractivity contribution in [2.45, 2.75) is 26.5 Å². The topological polar surface area (TPSA) is 66.0 Å². The molecule has 0 bridgehead atoms. The molecule has 26 heavy (non-hydrogen) atoms. The maximum absolute atomic E-state index is 12.4. The molecule has 0 unspecified atom stereocenters.